The summed E-state index contributed by atoms with van der Waals surface area (Å²) in [6.45, 7) is 2.83. The number of carbonyl (C=O) groups excluding carboxylic acids is 2. The van der Waals surface area contributed by atoms with Crippen molar-refractivity contribution in [3.63, 3.8) is 0 Å². The number of amides is 2. The molecule has 2 aromatic carbocycles. The number of hydrogen-bond donors (Lipinski definition) is 1. The lowest BCUT2D eigenvalue weighted by atomic mass is 10.0. The van der Waals surface area contributed by atoms with Gasteiger partial charge in [0.25, 0.3) is 5.91 Å². The third-order valence-electron chi connectivity index (χ3n) is 5.95. The van der Waals surface area contributed by atoms with E-state index in [1.807, 2.05) is 30.3 Å². The Morgan fingerprint density at radius 2 is 1.82 bits per heavy atom. The fourth-order valence-electron chi connectivity index (χ4n) is 4.15. The Morgan fingerprint density at radius 3 is 2.50 bits per heavy atom. The molecule has 8 heteroatoms. The van der Waals surface area contributed by atoms with Gasteiger partial charge < -0.3 is 19.4 Å². The minimum atomic E-state index is -0.713. The van der Waals surface area contributed by atoms with Gasteiger partial charge in [0.2, 0.25) is 5.91 Å². The number of furan rings is 1. The Labute approximate surface area is 198 Å². The van der Waals surface area contributed by atoms with Crippen molar-refractivity contribution in [3.05, 3.63) is 89.6 Å². The molecule has 1 unspecified atom stereocenters. The second kappa shape index (κ2) is 11.0. The summed E-state index contributed by atoms with van der Waals surface area (Å²) in [5, 5.41) is 2.84. The number of nitrogens with zero attached hydrogens (tertiary/aromatic N) is 2. The number of rotatable bonds is 8. The van der Waals surface area contributed by atoms with Gasteiger partial charge >= 0.3 is 0 Å². The van der Waals surface area contributed by atoms with Crippen LogP contribution < -0.4 is 10.1 Å². The van der Waals surface area contributed by atoms with Crippen molar-refractivity contribution in [2.75, 3.05) is 33.3 Å². The van der Waals surface area contributed by atoms with E-state index in [-0.39, 0.29) is 17.5 Å². The Balaban J connectivity index is 1.40. The van der Waals surface area contributed by atoms with Gasteiger partial charge in [-0.2, -0.15) is 0 Å². The summed E-state index contributed by atoms with van der Waals surface area (Å²) < 4.78 is 24.3. The Kier molecular flexibility index (Phi) is 7.59. The van der Waals surface area contributed by atoms with Crippen LogP contribution in [0.25, 0.3) is 0 Å². The first kappa shape index (κ1) is 23.5. The molecular formula is C26H28FN3O4. The molecule has 1 aliphatic rings. The van der Waals surface area contributed by atoms with E-state index in [1.165, 1.54) is 18.4 Å². The third-order valence-corrected chi connectivity index (χ3v) is 5.95. The van der Waals surface area contributed by atoms with E-state index < -0.39 is 11.9 Å². The molecule has 1 aliphatic heterocycles. The Morgan fingerprint density at radius 1 is 1.06 bits per heavy atom. The number of halogens is 1. The van der Waals surface area contributed by atoms with Gasteiger partial charge in [0.1, 0.15) is 17.6 Å². The highest BCUT2D eigenvalue weighted by atomic mass is 19.1. The number of carbonyl (C=O) groups is 2. The monoisotopic (exact) mass is 465 g/mol. The van der Waals surface area contributed by atoms with Crippen LogP contribution in [-0.4, -0.2) is 60.9 Å². The number of methoxy groups -OCH3 is 1. The molecule has 0 aliphatic carbocycles. The zero-order chi connectivity index (χ0) is 23.9. The van der Waals surface area contributed by atoms with Crippen LogP contribution in [0.5, 0.6) is 5.75 Å². The largest absolute Gasteiger partial charge is 0.496 e. The number of ether oxygens (including phenoxy) is 1. The molecule has 1 aromatic heterocycles. The highest BCUT2D eigenvalue weighted by molar-refractivity contribution is 5.95. The predicted molar refractivity (Wildman–Crippen MR) is 125 cm³/mol. The topological polar surface area (TPSA) is 75.0 Å². The van der Waals surface area contributed by atoms with Crippen LogP contribution in [0, 0.1) is 5.82 Å². The van der Waals surface area contributed by atoms with Gasteiger partial charge in [0.15, 0.2) is 5.76 Å². The van der Waals surface area contributed by atoms with Crippen LogP contribution in [0.3, 0.4) is 0 Å². The molecule has 7 nitrogen and oxygen atoms in total. The normalized spacial score (nSPS) is 15.1. The lowest BCUT2D eigenvalue weighted by Crippen LogP contribution is -2.55. The van der Waals surface area contributed by atoms with Crippen LogP contribution >= 0.6 is 0 Å². The fourth-order valence-corrected chi connectivity index (χ4v) is 4.15. The molecule has 0 saturated carbocycles. The zero-order valence-electron chi connectivity index (χ0n) is 19.1. The number of piperazine rings is 1. The summed E-state index contributed by atoms with van der Waals surface area (Å²) in [5.41, 5.74) is 1.73. The van der Waals surface area contributed by atoms with Gasteiger partial charge in [-0.05, 0) is 35.9 Å². The van der Waals surface area contributed by atoms with E-state index in [0.717, 1.165) is 11.1 Å². The summed E-state index contributed by atoms with van der Waals surface area (Å²) in [6, 6.07) is 16.6. The first-order valence-electron chi connectivity index (χ1n) is 11.3. The molecule has 1 N–H and O–H groups in total. The minimum absolute atomic E-state index is 0.133. The first-order valence-corrected chi connectivity index (χ1v) is 11.3. The van der Waals surface area contributed by atoms with E-state index >= 15 is 0 Å². The molecular weight excluding hydrogens is 437 g/mol. The van der Waals surface area contributed by atoms with Crippen LogP contribution in [0.1, 0.15) is 21.7 Å². The number of hydrogen-bond acceptors (Lipinski definition) is 5. The first-order chi connectivity index (χ1) is 16.5. The van der Waals surface area contributed by atoms with Gasteiger partial charge in [-0.25, -0.2) is 4.39 Å². The maximum atomic E-state index is 13.7. The summed E-state index contributed by atoms with van der Waals surface area (Å²) in [7, 11) is 1.57. The number of benzene rings is 2. The van der Waals surface area contributed by atoms with Gasteiger partial charge in [-0.1, -0.05) is 30.3 Å². The molecule has 178 valence electrons. The standard InChI is InChI=1S/C26H28FN3O4/c1-33-23-10-9-21(27)17-20(23)18-29-11-13-30(14-12-29)26(32)22(16-19-6-3-2-4-7-19)28-25(31)24-8-5-15-34-24/h2-10,15,17,22H,11-14,16,18H2,1H3,(H,28,31). The van der Waals surface area contributed by atoms with Crippen LogP contribution in [0.4, 0.5) is 4.39 Å². The minimum Gasteiger partial charge on any atom is -0.496 e. The van der Waals surface area contributed by atoms with E-state index in [4.69, 9.17) is 9.15 Å². The molecule has 4 rings (SSSR count). The Hall–Kier alpha value is -3.65. The molecule has 0 radical (unpaired) electrons. The second-order valence-corrected chi connectivity index (χ2v) is 8.25. The summed E-state index contributed by atoms with van der Waals surface area (Å²) in [5.74, 6) is -0.0493. The SMILES string of the molecule is COc1ccc(F)cc1CN1CCN(C(=O)C(Cc2ccccc2)NC(=O)c2ccco2)CC1. The highest BCUT2D eigenvalue weighted by Gasteiger charge is 2.30. The smallest absolute Gasteiger partial charge is 0.287 e. The van der Waals surface area contributed by atoms with Crippen molar-refractivity contribution in [2.45, 2.75) is 19.0 Å². The van der Waals surface area contributed by atoms with Crippen molar-refractivity contribution >= 4 is 11.8 Å². The maximum absolute atomic E-state index is 13.7. The zero-order valence-corrected chi connectivity index (χ0v) is 19.1. The molecule has 3 aromatic rings. The van der Waals surface area contributed by atoms with E-state index in [9.17, 15) is 14.0 Å². The Bertz CT molecular complexity index is 1100. The van der Waals surface area contributed by atoms with Gasteiger partial charge in [0.05, 0.1) is 13.4 Å². The van der Waals surface area contributed by atoms with Crippen LogP contribution in [0.15, 0.2) is 71.3 Å². The number of nitrogens with one attached hydrogen (secondary N) is 1. The maximum Gasteiger partial charge on any atom is 0.287 e. The fraction of sp³-hybridized carbons (Fsp3) is 0.308. The van der Waals surface area contributed by atoms with Crippen molar-refractivity contribution in [1.29, 1.82) is 0 Å². The van der Waals surface area contributed by atoms with E-state index in [1.54, 1.807) is 30.2 Å². The van der Waals surface area contributed by atoms with Gasteiger partial charge in [-0.15, -0.1) is 0 Å². The van der Waals surface area contributed by atoms with E-state index in [0.29, 0.717) is 44.9 Å². The molecule has 2 heterocycles. The average Bonchev–Trinajstić information content (AvgIpc) is 3.40. The van der Waals surface area contributed by atoms with Gasteiger partial charge in [0, 0.05) is 44.7 Å². The van der Waals surface area contributed by atoms with Crippen molar-refractivity contribution in [3.8, 4) is 5.75 Å². The molecule has 2 amide bonds. The molecule has 0 spiro atoms. The van der Waals surface area contributed by atoms with Crippen LogP contribution in [0.2, 0.25) is 0 Å². The summed E-state index contributed by atoms with van der Waals surface area (Å²) in [4.78, 5) is 30.0. The second-order valence-electron chi connectivity index (χ2n) is 8.25. The third kappa shape index (κ3) is 5.82. The molecule has 1 atom stereocenters. The average molecular weight is 466 g/mol. The van der Waals surface area contributed by atoms with Crippen LogP contribution in [-0.2, 0) is 17.8 Å². The molecule has 1 fully saturated rings. The summed E-state index contributed by atoms with van der Waals surface area (Å²) in [6.07, 6.45) is 1.81. The van der Waals surface area contributed by atoms with Crippen molar-refractivity contribution in [1.82, 2.24) is 15.1 Å². The molecule has 34 heavy (non-hydrogen) atoms. The van der Waals surface area contributed by atoms with Crippen molar-refractivity contribution < 1.29 is 23.1 Å². The predicted octanol–water partition coefficient (Wildman–Crippen LogP) is 3.11. The molecule has 1 saturated heterocycles. The highest BCUT2D eigenvalue weighted by Crippen LogP contribution is 2.22. The van der Waals surface area contributed by atoms with E-state index in [2.05, 4.69) is 10.2 Å². The molecule has 0 bridgehead atoms. The van der Waals surface area contributed by atoms with Gasteiger partial charge in [-0.3, -0.25) is 14.5 Å². The quantitative estimate of drug-likeness (QED) is 0.553. The lowest BCUT2D eigenvalue weighted by Gasteiger charge is -2.36. The lowest BCUT2D eigenvalue weighted by molar-refractivity contribution is -0.135. The van der Waals surface area contributed by atoms with Crippen molar-refractivity contribution in [2.24, 2.45) is 0 Å². The summed E-state index contributed by atoms with van der Waals surface area (Å²) >= 11 is 0.